The average Bonchev–Trinajstić information content (AvgIpc) is 3.08. The second kappa shape index (κ2) is 8.89. The van der Waals surface area contributed by atoms with Crippen molar-refractivity contribution in [2.75, 3.05) is 13.1 Å². The molecule has 0 saturated heterocycles. The number of guanidine groups is 1. The molecule has 140 valence electrons. The number of hydrogen-bond donors (Lipinski definition) is 2. The van der Waals surface area contributed by atoms with Crippen molar-refractivity contribution in [3.05, 3.63) is 41.4 Å². The van der Waals surface area contributed by atoms with Crippen LogP contribution in [0.4, 0.5) is 0 Å². The van der Waals surface area contributed by atoms with Gasteiger partial charge < -0.3 is 15.4 Å². The predicted octanol–water partition coefficient (Wildman–Crippen LogP) is 2.27. The molecule has 0 amide bonds. The van der Waals surface area contributed by atoms with E-state index in [1.165, 1.54) is 0 Å². The van der Waals surface area contributed by atoms with Gasteiger partial charge in [0.25, 0.3) is 0 Å². The summed E-state index contributed by atoms with van der Waals surface area (Å²) in [7, 11) is 0. The maximum absolute atomic E-state index is 5.99. The molecule has 8 heteroatoms. The molecule has 0 bridgehead atoms. The van der Waals surface area contributed by atoms with Gasteiger partial charge in [0.2, 0.25) is 0 Å². The zero-order chi connectivity index (χ0) is 18.4. The molecule has 0 fully saturated rings. The van der Waals surface area contributed by atoms with E-state index >= 15 is 0 Å². The summed E-state index contributed by atoms with van der Waals surface area (Å²) >= 11 is 5.99. The molecule has 0 spiro atoms. The SMILES string of the molecule is CCNC(=NCC(C)Oc1cccc(Cl)c1)NC1CCc2ncnn2C1. The number of aliphatic imine (C=N–C) groups is 1. The number of hydrogen-bond acceptors (Lipinski definition) is 4. The Labute approximate surface area is 158 Å². The van der Waals surface area contributed by atoms with Gasteiger partial charge >= 0.3 is 0 Å². The van der Waals surface area contributed by atoms with Crippen molar-refractivity contribution in [3.63, 3.8) is 0 Å². The lowest BCUT2D eigenvalue weighted by Crippen LogP contribution is -2.47. The van der Waals surface area contributed by atoms with Gasteiger partial charge in [0.05, 0.1) is 13.1 Å². The van der Waals surface area contributed by atoms with Gasteiger partial charge in [0.1, 0.15) is 24.0 Å². The quantitative estimate of drug-likeness (QED) is 0.597. The first-order valence-corrected chi connectivity index (χ1v) is 9.35. The van der Waals surface area contributed by atoms with Gasteiger partial charge in [-0.25, -0.2) is 14.7 Å². The van der Waals surface area contributed by atoms with E-state index in [1.54, 1.807) is 6.33 Å². The van der Waals surface area contributed by atoms with Crippen LogP contribution >= 0.6 is 11.6 Å². The van der Waals surface area contributed by atoms with Gasteiger partial charge in [0.15, 0.2) is 5.96 Å². The van der Waals surface area contributed by atoms with Gasteiger partial charge in [-0.3, -0.25) is 0 Å². The highest BCUT2D eigenvalue weighted by Gasteiger charge is 2.20. The fourth-order valence-electron chi connectivity index (χ4n) is 2.90. The molecule has 2 unspecified atom stereocenters. The van der Waals surface area contributed by atoms with Crippen LogP contribution in [-0.2, 0) is 13.0 Å². The Hall–Kier alpha value is -2.28. The Morgan fingerprint density at radius 1 is 1.50 bits per heavy atom. The number of rotatable bonds is 6. The molecule has 0 aliphatic carbocycles. The Kier molecular flexibility index (Phi) is 6.33. The van der Waals surface area contributed by atoms with E-state index in [0.717, 1.165) is 43.5 Å². The molecule has 1 aromatic carbocycles. The van der Waals surface area contributed by atoms with Crippen LogP contribution in [0, 0.1) is 0 Å². The van der Waals surface area contributed by atoms with Crippen molar-refractivity contribution in [1.29, 1.82) is 0 Å². The van der Waals surface area contributed by atoms with Crippen LogP contribution < -0.4 is 15.4 Å². The molecular formula is C18H25ClN6O. The van der Waals surface area contributed by atoms with Crippen molar-refractivity contribution in [2.24, 2.45) is 4.99 Å². The topological polar surface area (TPSA) is 76.4 Å². The van der Waals surface area contributed by atoms with Crippen LogP contribution in [0.3, 0.4) is 0 Å². The fraction of sp³-hybridized carbons (Fsp3) is 0.500. The molecule has 1 aliphatic heterocycles. The lowest BCUT2D eigenvalue weighted by Gasteiger charge is -2.25. The largest absolute Gasteiger partial charge is 0.489 e. The average molecular weight is 377 g/mol. The number of aryl methyl sites for hydroxylation is 1. The minimum atomic E-state index is -0.0582. The molecule has 1 aromatic heterocycles. The summed E-state index contributed by atoms with van der Waals surface area (Å²) in [5, 5.41) is 11.7. The van der Waals surface area contributed by atoms with Crippen molar-refractivity contribution in [2.45, 2.75) is 45.4 Å². The van der Waals surface area contributed by atoms with E-state index < -0.39 is 0 Å². The van der Waals surface area contributed by atoms with Gasteiger partial charge in [-0.15, -0.1) is 0 Å². The maximum atomic E-state index is 5.99. The molecule has 1 aliphatic rings. The Bertz CT molecular complexity index is 747. The molecule has 0 saturated carbocycles. The minimum Gasteiger partial charge on any atom is -0.489 e. The molecule has 2 atom stereocenters. The molecule has 0 radical (unpaired) electrons. The van der Waals surface area contributed by atoms with E-state index in [4.69, 9.17) is 16.3 Å². The molecule has 26 heavy (non-hydrogen) atoms. The number of nitrogens with one attached hydrogen (secondary N) is 2. The lowest BCUT2D eigenvalue weighted by atomic mass is 10.1. The Morgan fingerprint density at radius 2 is 2.38 bits per heavy atom. The second-order valence-corrected chi connectivity index (χ2v) is 6.78. The van der Waals surface area contributed by atoms with E-state index in [1.807, 2.05) is 35.9 Å². The van der Waals surface area contributed by atoms with Crippen LogP contribution in [0.15, 0.2) is 35.6 Å². The smallest absolute Gasteiger partial charge is 0.191 e. The highest BCUT2D eigenvalue weighted by atomic mass is 35.5. The summed E-state index contributed by atoms with van der Waals surface area (Å²) in [6.45, 7) is 6.20. The number of aromatic nitrogens is 3. The van der Waals surface area contributed by atoms with Gasteiger partial charge in [0, 0.05) is 24.0 Å². The molecule has 3 rings (SSSR count). The van der Waals surface area contributed by atoms with Crippen LogP contribution in [0.5, 0.6) is 5.75 Å². The summed E-state index contributed by atoms with van der Waals surface area (Å²) < 4.78 is 7.83. The van der Waals surface area contributed by atoms with Crippen molar-refractivity contribution in [1.82, 2.24) is 25.4 Å². The predicted molar refractivity (Wildman–Crippen MR) is 103 cm³/mol. The Morgan fingerprint density at radius 3 is 3.19 bits per heavy atom. The molecule has 2 heterocycles. The number of ether oxygens (including phenoxy) is 1. The van der Waals surface area contributed by atoms with Gasteiger partial charge in [-0.1, -0.05) is 17.7 Å². The summed E-state index contributed by atoms with van der Waals surface area (Å²) in [6.07, 6.45) is 3.49. The number of halogens is 1. The first kappa shape index (κ1) is 18.5. The van der Waals surface area contributed by atoms with Crippen LogP contribution in [0.1, 0.15) is 26.1 Å². The zero-order valence-corrected chi connectivity index (χ0v) is 15.9. The third kappa shape index (κ3) is 5.11. The normalized spacial score (nSPS) is 18.1. The summed E-state index contributed by atoms with van der Waals surface area (Å²) in [4.78, 5) is 8.93. The summed E-state index contributed by atoms with van der Waals surface area (Å²) in [6, 6.07) is 7.69. The number of nitrogens with zero attached hydrogens (tertiary/aromatic N) is 4. The highest BCUT2D eigenvalue weighted by Crippen LogP contribution is 2.18. The minimum absolute atomic E-state index is 0.0582. The summed E-state index contributed by atoms with van der Waals surface area (Å²) in [5.41, 5.74) is 0. The van der Waals surface area contributed by atoms with Crippen LogP contribution in [0.2, 0.25) is 5.02 Å². The number of fused-ring (bicyclic) bond motifs is 1. The number of benzene rings is 1. The van der Waals surface area contributed by atoms with E-state index in [0.29, 0.717) is 11.6 Å². The molecule has 2 aromatic rings. The highest BCUT2D eigenvalue weighted by molar-refractivity contribution is 6.30. The van der Waals surface area contributed by atoms with Crippen LogP contribution in [-0.4, -0.2) is 46.0 Å². The van der Waals surface area contributed by atoms with Crippen molar-refractivity contribution >= 4 is 17.6 Å². The fourth-order valence-corrected chi connectivity index (χ4v) is 3.08. The van der Waals surface area contributed by atoms with Crippen molar-refractivity contribution < 1.29 is 4.74 Å². The zero-order valence-electron chi connectivity index (χ0n) is 15.2. The molecule has 7 nitrogen and oxygen atoms in total. The molecular weight excluding hydrogens is 352 g/mol. The van der Waals surface area contributed by atoms with E-state index in [9.17, 15) is 0 Å². The third-order valence-electron chi connectivity index (χ3n) is 4.13. The maximum Gasteiger partial charge on any atom is 0.191 e. The van der Waals surface area contributed by atoms with Gasteiger partial charge in [-0.2, -0.15) is 5.10 Å². The van der Waals surface area contributed by atoms with E-state index in [2.05, 4.69) is 32.6 Å². The monoisotopic (exact) mass is 376 g/mol. The standard InChI is InChI=1S/C18H25ClN6O/c1-3-20-18(24-15-7-8-17-22-12-23-25(17)11-15)21-10-13(2)26-16-6-4-5-14(19)9-16/h4-6,9,12-13,15H,3,7-8,10-11H2,1-2H3,(H2,20,21,24). The first-order chi connectivity index (χ1) is 12.6. The Balaban J connectivity index is 1.55. The summed E-state index contributed by atoms with van der Waals surface area (Å²) in [5.74, 6) is 2.60. The van der Waals surface area contributed by atoms with Gasteiger partial charge in [-0.05, 0) is 38.5 Å². The van der Waals surface area contributed by atoms with Crippen LogP contribution in [0.25, 0.3) is 0 Å². The second-order valence-electron chi connectivity index (χ2n) is 6.34. The first-order valence-electron chi connectivity index (χ1n) is 8.97. The van der Waals surface area contributed by atoms with Crippen molar-refractivity contribution in [3.8, 4) is 5.75 Å². The lowest BCUT2D eigenvalue weighted by molar-refractivity contribution is 0.230. The third-order valence-corrected chi connectivity index (χ3v) is 4.37. The molecule has 2 N–H and O–H groups in total. The van der Waals surface area contributed by atoms with E-state index in [-0.39, 0.29) is 12.1 Å².